The Hall–Kier alpha value is -2.50. The van der Waals surface area contributed by atoms with E-state index in [9.17, 15) is 13.6 Å². The van der Waals surface area contributed by atoms with Crippen LogP contribution >= 0.6 is 0 Å². The van der Waals surface area contributed by atoms with Gasteiger partial charge in [0.05, 0.1) is 5.69 Å². The lowest BCUT2D eigenvalue weighted by Crippen LogP contribution is -2.38. The molecule has 0 bridgehead atoms. The maximum Gasteiger partial charge on any atom is 0.394 e. The zero-order chi connectivity index (χ0) is 18.7. The standard InChI is InChI=1S/C20H22F2N2O2/c1-14-10-12-24(13-11-14)19(25)18-5-3-4-17(23-18)15-6-8-16(9-7-15)26-20(2,21)22/h3-9,14H,10-13H2,1-2H3. The van der Waals surface area contributed by atoms with Crippen LogP contribution in [0.2, 0.25) is 0 Å². The van der Waals surface area contributed by atoms with Crippen LogP contribution in [0.1, 0.15) is 37.2 Å². The number of aromatic nitrogens is 1. The molecule has 1 saturated heterocycles. The molecule has 26 heavy (non-hydrogen) atoms. The molecular weight excluding hydrogens is 338 g/mol. The Morgan fingerprint density at radius 1 is 1.15 bits per heavy atom. The number of carbonyl (C=O) groups is 1. The van der Waals surface area contributed by atoms with Crippen LogP contribution in [-0.4, -0.2) is 35.0 Å². The number of benzene rings is 1. The summed E-state index contributed by atoms with van der Waals surface area (Å²) in [7, 11) is 0. The van der Waals surface area contributed by atoms with E-state index in [1.54, 1.807) is 30.3 Å². The van der Waals surface area contributed by atoms with Crippen LogP contribution in [0.25, 0.3) is 11.3 Å². The fourth-order valence-corrected chi connectivity index (χ4v) is 2.99. The average molecular weight is 360 g/mol. The lowest BCUT2D eigenvalue weighted by Gasteiger charge is -2.30. The van der Waals surface area contributed by atoms with Crippen molar-refractivity contribution >= 4 is 5.91 Å². The molecule has 6 heteroatoms. The van der Waals surface area contributed by atoms with Crippen LogP contribution in [0.5, 0.6) is 5.75 Å². The molecule has 1 aromatic carbocycles. The second-order valence-corrected chi connectivity index (χ2v) is 6.82. The van der Waals surface area contributed by atoms with Crippen LogP contribution in [0.15, 0.2) is 42.5 Å². The van der Waals surface area contributed by atoms with Crippen molar-refractivity contribution in [2.45, 2.75) is 32.8 Å². The van der Waals surface area contributed by atoms with E-state index < -0.39 is 6.11 Å². The molecule has 0 saturated carbocycles. The van der Waals surface area contributed by atoms with E-state index in [1.165, 1.54) is 12.1 Å². The molecule has 1 aliphatic rings. The highest BCUT2D eigenvalue weighted by Gasteiger charge is 2.24. The molecule has 0 N–H and O–H groups in total. The van der Waals surface area contributed by atoms with Crippen LogP contribution in [-0.2, 0) is 0 Å². The number of amides is 1. The third-order valence-electron chi connectivity index (χ3n) is 4.49. The van der Waals surface area contributed by atoms with Gasteiger partial charge in [0.2, 0.25) is 0 Å². The second-order valence-electron chi connectivity index (χ2n) is 6.82. The van der Waals surface area contributed by atoms with Gasteiger partial charge >= 0.3 is 6.11 Å². The predicted molar refractivity (Wildman–Crippen MR) is 95.2 cm³/mol. The summed E-state index contributed by atoms with van der Waals surface area (Å²) >= 11 is 0. The molecule has 138 valence electrons. The van der Waals surface area contributed by atoms with Gasteiger partial charge in [-0.25, -0.2) is 4.98 Å². The van der Waals surface area contributed by atoms with Crippen molar-refractivity contribution < 1.29 is 18.3 Å². The molecule has 2 heterocycles. The van der Waals surface area contributed by atoms with Crippen molar-refractivity contribution in [2.75, 3.05) is 13.1 Å². The monoisotopic (exact) mass is 360 g/mol. The molecule has 0 spiro atoms. The number of halogens is 2. The normalized spacial score (nSPS) is 15.8. The summed E-state index contributed by atoms with van der Waals surface area (Å²) in [5.74, 6) is 0.662. The lowest BCUT2D eigenvalue weighted by molar-refractivity contribution is -0.158. The highest BCUT2D eigenvalue weighted by molar-refractivity contribution is 5.93. The lowest BCUT2D eigenvalue weighted by atomic mass is 9.99. The Balaban J connectivity index is 1.75. The summed E-state index contributed by atoms with van der Waals surface area (Å²) in [4.78, 5) is 19.0. The van der Waals surface area contributed by atoms with E-state index in [-0.39, 0.29) is 11.7 Å². The van der Waals surface area contributed by atoms with Crippen molar-refractivity contribution in [1.29, 1.82) is 0 Å². The number of alkyl halides is 2. The number of hydrogen-bond acceptors (Lipinski definition) is 3. The molecule has 1 fully saturated rings. The molecular formula is C20H22F2N2O2. The van der Waals surface area contributed by atoms with E-state index in [4.69, 9.17) is 0 Å². The van der Waals surface area contributed by atoms with Gasteiger partial charge in [-0.15, -0.1) is 0 Å². The Morgan fingerprint density at radius 3 is 2.42 bits per heavy atom. The van der Waals surface area contributed by atoms with Crippen molar-refractivity contribution in [3.8, 4) is 17.0 Å². The summed E-state index contributed by atoms with van der Waals surface area (Å²) in [6, 6.07) is 11.5. The predicted octanol–water partition coefficient (Wildman–Crippen LogP) is 4.61. The molecule has 0 unspecified atom stereocenters. The van der Waals surface area contributed by atoms with Crippen LogP contribution in [0.4, 0.5) is 8.78 Å². The number of piperidine rings is 1. The van der Waals surface area contributed by atoms with Crippen molar-refractivity contribution in [3.05, 3.63) is 48.2 Å². The number of pyridine rings is 1. The number of hydrogen-bond donors (Lipinski definition) is 0. The van der Waals surface area contributed by atoms with E-state index in [0.29, 0.717) is 24.2 Å². The number of likely N-dealkylation sites (tertiary alicyclic amines) is 1. The van der Waals surface area contributed by atoms with Gasteiger partial charge in [-0.1, -0.05) is 13.0 Å². The van der Waals surface area contributed by atoms with Crippen molar-refractivity contribution in [1.82, 2.24) is 9.88 Å². The topological polar surface area (TPSA) is 42.4 Å². The Labute approximate surface area is 151 Å². The zero-order valence-corrected chi connectivity index (χ0v) is 14.9. The summed E-state index contributed by atoms with van der Waals surface area (Å²) in [6.07, 6.45) is -1.21. The van der Waals surface area contributed by atoms with Gasteiger partial charge in [-0.2, -0.15) is 8.78 Å². The van der Waals surface area contributed by atoms with E-state index in [0.717, 1.165) is 31.5 Å². The molecule has 0 atom stereocenters. The summed E-state index contributed by atoms with van der Waals surface area (Å²) in [5, 5.41) is 0. The highest BCUT2D eigenvalue weighted by Crippen LogP contribution is 2.25. The first-order chi connectivity index (χ1) is 12.3. The van der Waals surface area contributed by atoms with Gasteiger partial charge in [0.1, 0.15) is 11.4 Å². The number of rotatable bonds is 4. The smallest absolute Gasteiger partial charge is 0.394 e. The number of ether oxygens (including phenoxy) is 1. The molecule has 0 radical (unpaired) electrons. The number of carbonyl (C=O) groups excluding carboxylic acids is 1. The first kappa shape index (κ1) is 18.3. The number of nitrogens with zero attached hydrogens (tertiary/aromatic N) is 2. The summed E-state index contributed by atoms with van der Waals surface area (Å²) < 4.78 is 30.3. The van der Waals surface area contributed by atoms with Gasteiger partial charge in [0.25, 0.3) is 5.91 Å². The Morgan fingerprint density at radius 2 is 1.81 bits per heavy atom. The largest absolute Gasteiger partial charge is 0.433 e. The third-order valence-corrected chi connectivity index (χ3v) is 4.49. The molecule has 1 aliphatic heterocycles. The molecule has 2 aromatic rings. The SMILES string of the molecule is CC1CCN(C(=O)c2cccc(-c3ccc(OC(C)(F)F)cc3)n2)CC1. The Kier molecular flexibility index (Phi) is 5.20. The van der Waals surface area contributed by atoms with E-state index >= 15 is 0 Å². The second kappa shape index (κ2) is 7.40. The van der Waals surface area contributed by atoms with E-state index in [2.05, 4.69) is 16.6 Å². The Bertz CT molecular complexity index is 764. The molecule has 3 rings (SSSR count). The van der Waals surface area contributed by atoms with Crippen molar-refractivity contribution in [2.24, 2.45) is 5.92 Å². The van der Waals surface area contributed by atoms with Crippen molar-refractivity contribution in [3.63, 3.8) is 0 Å². The first-order valence-corrected chi connectivity index (χ1v) is 8.75. The third kappa shape index (κ3) is 4.56. The van der Waals surface area contributed by atoms with Crippen LogP contribution in [0, 0.1) is 5.92 Å². The summed E-state index contributed by atoms with van der Waals surface area (Å²) in [6.45, 7) is 4.40. The van der Waals surface area contributed by atoms with Gasteiger partial charge in [-0.3, -0.25) is 4.79 Å². The zero-order valence-electron chi connectivity index (χ0n) is 14.9. The first-order valence-electron chi connectivity index (χ1n) is 8.75. The van der Waals surface area contributed by atoms with Gasteiger partial charge in [0, 0.05) is 25.6 Å². The molecule has 4 nitrogen and oxygen atoms in total. The van der Waals surface area contributed by atoms with Gasteiger partial charge in [-0.05, 0) is 55.2 Å². The summed E-state index contributed by atoms with van der Waals surface area (Å²) in [5.41, 5.74) is 1.76. The van der Waals surface area contributed by atoms with Gasteiger partial charge < -0.3 is 9.64 Å². The van der Waals surface area contributed by atoms with Crippen LogP contribution < -0.4 is 4.74 Å². The minimum Gasteiger partial charge on any atom is -0.433 e. The minimum absolute atomic E-state index is 0.0654. The van der Waals surface area contributed by atoms with Gasteiger partial charge in [0.15, 0.2) is 0 Å². The maximum absolute atomic E-state index is 12.9. The molecule has 1 aromatic heterocycles. The maximum atomic E-state index is 12.9. The molecule has 1 amide bonds. The average Bonchev–Trinajstić information content (AvgIpc) is 2.61. The quantitative estimate of drug-likeness (QED) is 0.799. The fourth-order valence-electron chi connectivity index (χ4n) is 2.99. The molecule has 0 aliphatic carbocycles. The minimum atomic E-state index is -3.22. The highest BCUT2D eigenvalue weighted by atomic mass is 19.3. The van der Waals surface area contributed by atoms with Crippen LogP contribution in [0.3, 0.4) is 0 Å². The fraction of sp³-hybridized carbons (Fsp3) is 0.400. The van der Waals surface area contributed by atoms with E-state index in [1.807, 2.05) is 4.90 Å².